The Balaban J connectivity index is 1.62. The lowest BCUT2D eigenvalue weighted by Gasteiger charge is -2.18. The Morgan fingerprint density at radius 1 is 1.22 bits per heavy atom. The lowest BCUT2D eigenvalue weighted by molar-refractivity contribution is 0.533. The molecular weight excluding hydrogens is 228 g/mol. The Morgan fingerprint density at radius 3 is 2.61 bits per heavy atom. The van der Waals surface area contributed by atoms with E-state index < -0.39 is 0 Å². The molecule has 0 aromatic carbocycles. The van der Waals surface area contributed by atoms with Crippen molar-refractivity contribution in [1.82, 2.24) is 15.3 Å². The number of aromatic amines is 1. The molecule has 2 saturated heterocycles. The van der Waals surface area contributed by atoms with Gasteiger partial charge in [-0.15, -0.1) is 0 Å². The highest BCUT2D eigenvalue weighted by Crippen LogP contribution is 2.38. The van der Waals surface area contributed by atoms with Crippen molar-refractivity contribution in [2.45, 2.75) is 18.8 Å². The third kappa shape index (κ3) is 1.73. The van der Waals surface area contributed by atoms with E-state index in [0.29, 0.717) is 5.92 Å². The molecule has 2 unspecified atom stereocenters. The maximum Gasteiger partial charge on any atom is 0.252 e. The lowest BCUT2D eigenvalue weighted by atomic mass is 10.0. The Labute approximate surface area is 106 Å². The van der Waals surface area contributed by atoms with Crippen LogP contribution in [0.2, 0.25) is 0 Å². The van der Waals surface area contributed by atoms with Crippen LogP contribution in [0, 0.1) is 11.8 Å². The van der Waals surface area contributed by atoms with Crippen LogP contribution in [0.15, 0.2) is 10.9 Å². The molecule has 0 radical (unpaired) electrons. The van der Waals surface area contributed by atoms with Gasteiger partial charge in [0.1, 0.15) is 11.6 Å². The van der Waals surface area contributed by atoms with E-state index in [9.17, 15) is 4.79 Å². The van der Waals surface area contributed by atoms with Gasteiger partial charge in [-0.3, -0.25) is 4.79 Å². The first-order chi connectivity index (χ1) is 8.79. The molecule has 1 aliphatic carbocycles. The monoisotopic (exact) mass is 246 g/mol. The topological polar surface area (TPSA) is 61.0 Å². The molecule has 2 aliphatic heterocycles. The number of H-pyrrole nitrogens is 1. The Morgan fingerprint density at radius 2 is 1.94 bits per heavy atom. The number of aromatic nitrogens is 2. The summed E-state index contributed by atoms with van der Waals surface area (Å²) in [6.07, 6.45) is 2.34. The van der Waals surface area contributed by atoms with Gasteiger partial charge in [-0.25, -0.2) is 4.98 Å². The predicted octanol–water partition coefficient (Wildman–Crippen LogP) is 0.303. The highest BCUT2D eigenvalue weighted by Gasteiger charge is 2.37. The largest absolute Gasteiger partial charge is 0.356 e. The number of hydrogen-bond acceptors (Lipinski definition) is 4. The summed E-state index contributed by atoms with van der Waals surface area (Å²) >= 11 is 0. The molecule has 0 bridgehead atoms. The van der Waals surface area contributed by atoms with Gasteiger partial charge in [-0.05, 0) is 24.7 Å². The molecule has 1 aromatic heterocycles. The number of rotatable bonds is 2. The van der Waals surface area contributed by atoms with E-state index in [-0.39, 0.29) is 5.56 Å². The normalized spacial score (nSPS) is 30.8. The van der Waals surface area contributed by atoms with E-state index in [1.54, 1.807) is 6.07 Å². The molecule has 5 heteroatoms. The van der Waals surface area contributed by atoms with E-state index in [2.05, 4.69) is 20.2 Å². The third-order valence-electron chi connectivity index (χ3n) is 4.42. The van der Waals surface area contributed by atoms with Crippen molar-refractivity contribution in [2.24, 2.45) is 11.8 Å². The molecule has 0 amide bonds. The molecule has 3 aliphatic rings. The fourth-order valence-electron chi connectivity index (χ4n) is 3.22. The van der Waals surface area contributed by atoms with Gasteiger partial charge in [0, 0.05) is 38.2 Å². The van der Waals surface area contributed by atoms with Gasteiger partial charge in [-0.2, -0.15) is 0 Å². The number of nitrogens with one attached hydrogen (secondary N) is 2. The number of nitrogens with zero attached hydrogens (tertiary/aromatic N) is 2. The van der Waals surface area contributed by atoms with Crippen LogP contribution in [0.25, 0.3) is 0 Å². The molecule has 3 fully saturated rings. The molecule has 1 aromatic rings. The summed E-state index contributed by atoms with van der Waals surface area (Å²) in [5.74, 6) is 3.75. The van der Waals surface area contributed by atoms with Gasteiger partial charge >= 0.3 is 0 Å². The molecule has 3 heterocycles. The Hall–Kier alpha value is -1.36. The maximum absolute atomic E-state index is 11.7. The molecule has 5 nitrogen and oxygen atoms in total. The molecular formula is C13H18N4O. The zero-order valence-corrected chi connectivity index (χ0v) is 10.4. The summed E-state index contributed by atoms with van der Waals surface area (Å²) in [5.41, 5.74) is -0.00270. The van der Waals surface area contributed by atoms with Gasteiger partial charge in [0.15, 0.2) is 0 Å². The summed E-state index contributed by atoms with van der Waals surface area (Å²) in [7, 11) is 0. The first-order valence-corrected chi connectivity index (χ1v) is 6.86. The van der Waals surface area contributed by atoms with Gasteiger partial charge in [0.05, 0.1) is 0 Å². The van der Waals surface area contributed by atoms with E-state index >= 15 is 0 Å². The van der Waals surface area contributed by atoms with Crippen LogP contribution in [0.3, 0.4) is 0 Å². The zero-order chi connectivity index (χ0) is 12.1. The van der Waals surface area contributed by atoms with Gasteiger partial charge in [-0.1, -0.05) is 0 Å². The van der Waals surface area contributed by atoms with Crippen molar-refractivity contribution in [2.75, 3.05) is 31.1 Å². The van der Waals surface area contributed by atoms with Crippen LogP contribution >= 0.6 is 0 Å². The minimum absolute atomic E-state index is 0.00270. The summed E-state index contributed by atoms with van der Waals surface area (Å²) in [4.78, 5) is 21.5. The standard InChI is InChI=1S/C13H18N4O/c18-12-3-11(15-13(16-12)8-1-2-8)17-6-9-4-14-5-10(9)7-17/h3,8-10,14H,1-2,4-7H2,(H,15,16,18). The second-order valence-electron chi connectivity index (χ2n) is 5.85. The highest BCUT2D eigenvalue weighted by molar-refractivity contribution is 5.40. The first-order valence-electron chi connectivity index (χ1n) is 6.86. The minimum atomic E-state index is -0.00270. The van der Waals surface area contributed by atoms with Crippen LogP contribution in [0.4, 0.5) is 5.82 Å². The summed E-state index contributed by atoms with van der Waals surface area (Å²) in [6.45, 7) is 4.30. The first kappa shape index (κ1) is 10.6. The van der Waals surface area contributed by atoms with Crippen molar-refractivity contribution in [1.29, 1.82) is 0 Å². The molecule has 1 saturated carbocycles. The molecule has 18 heavy (non-hydrogen) atoms. The van der Waals surface area contributed by atoms with Crippen molar-refractivity contribution >= 4 is 5.82 Å². The van der Waals surface area contributed by atoms with E-state index in [1.807, 2.05) is 0 Å². The molecule has 96 valence electrons. The highest BCUT2D eigenvalue weighted by atomic mass is 16.1. The average Bonchev–Trinajstić information content (AvgIpc) is 2.97. The number of anilines is 1. The average molecular weight is 246 g/mol. The second kappa shape index (κ2) is 3.82. The van der Waals surface area contributed by atoms with Crippen LogP contribution in [0.1, 0.15) is 24.6 Å². The summed E-state index contributed by atoms with van der Waals surface area (Å²) < 4.78 is 0. The Bertz CT molecular complexity index is 510. The third-order valence-corrected chi connectivity index (χ3v) is 4.42. The summed E-state index contributed by atoms with van der Waals surface area (Å²) in [6, 6.07) is 1.65. The molecule has 4 rings (SSSR count). The molecule has 0 spiro atoms. The number of hydrogen-bond donors (Lipinski definition) is 2. The minimum Gasteiger partial charge on any atom is -0.356 e. The second-order valence-corrected chi connectivity index (χ2v) is 5.85. The van der Waals surface area contributed by atoms with Gasteiger partial charge < -0.3 is 15.2 Å². The number of fused-ring (bicyclic) bond motifs is 1. The van der Waals surface area contributed by atoms with Crippen molar-refractivity contribution in [3.8, 4) is 0 Å². The zero-order valence-electron chi connectivity index (χ0n) is 10.4. The maximum atomic E-state index is 11.7. The van der Waals surface area contributed by atoms with Gasteiger partial charge in [0.25, 0.3) is 5.56 Å². The lowest BCUT2D eigenvalue weighted by Crippen LogP contribution is -2.28. The van der Waals surface area contributed by atoms with Crippen molar-refractivity contribution in [3.63, 3.8) is 0 Å². The Kier molecular flexibility index (Phi) is 2.24. The van der Waals surface area contributed by atoms with Crippen molar-refractivity contribution in [3.05, 3.63) is 22.2 Å². The SMILES string of the molecule is O=c1cc(N2CC3CNCC3C2)nc(C2CC2)[nH]1. The van der Waals surface area contributed by atoms with Crippen LogP contribution in [-0.2, 0) is 0 Å². The van der Waals surface area contributed by atoms with E-state index in [1.165, 1.54) is 12.8 Å². The molecule has 2 N–H and O–H groups in total. The molecule has 2 atom stereocenters. The summed E-state index contributed by atoms with van der Waals surface area (Å²) in [5, 5.41) is 3.43. The predicted molar refractivity (Wildman–Crippen MR) is 68.9 cm³/mol. The van der Waals surface area contributed by atoms with E-state index in [0.717, 1.165) is 49.7 Å². The van der Waals surface area contributed by atoms with E-state index in [4.69, 9.17) is 0 Å². The van der Waals surface area contributed by atoms with Gasteiger partial charge in [0.2, 0.25) is 0 Å². The van der Waals surface area contributed by atoms with Crippen molar-refractivity contribution < 1.29 is 0 Å². The smallest absolute Gasteiger partial charge is 0.252 e. The van der Waals surface area contributed by atoms with Crippen LogP contribution < -0.4 is 15.8 Å². The fourth-order valence-corrected chi connectivity index (χ4v) is 3.22. The van der Waals surface area contributed by atoms with Crippen LogP contribution in [-0.4, -0.2) is 36.1 Å². The van der Waals surface area contributed by atoms with Crippen LogP contribution in [0.5, 0.6) is 0 Å². The fraction of sp³-hybridized carbons (Fsp3) is 0.692. The quantitative estimate of drug-likeness (QED) is 0.788.